The average molecular weight is 660 g/mol. The molecule has 0 atom stereocenters. The Morgan fingerprint density at radius 1 is 0.944 bits per heavy atom. The number of hydrogen-bond acceptors (Lipinski definition) is 5. The third-order valence-corrected chi connectivity index (χ3v) is 4.85. The van der Waals surface area contributed by atoms with E-state index < -0.39 is 4.92 Å². The Hall–Kier alpha value is -3.80. The van der Waals surface area contributed by atoms with E-state index in [2.05, 4.69) is 43.6 Å². The average Bonchev–Trinajstić information content (AvgIpc) is 3.39. The van der Waals surface area contributed by atoms with Gasteiger partial charge in [0.25, 0.3) is 0 Å². The Bertz CT molecular complexity index is 1120. The summed E-state index contributed by atoms with van der Waals surface area (Å²) in [5.41, 5.74) is 3.58. The summed E-state index contributed by atoms with van der Waals surface area (Å²) in [6.45, 7) is 25.5. The fraction of sp³-hybridized carbons (Fsp3) is 0.130. The van der Waals surface area contributed by atoms with E-state index in [9.17, 15) is 10.1 Å². The molecule has 0 aliphatic carbocycles. The van der Waals surface area contributed by atoms with E-state index in [-0.39, 0.29) is 5.69 Å². The second-order valence-corrected chi connectivity index (χ2v) is 6.79. The van der Waals surface area contributed by atoms with Gasteiger partial charge in [-0.05, 0) is 0 Å². The number of nitrogens with zero attached hydrogens (tertiary/aromatic N) is 4. The zero-order valence-corrected chi connectivity index (χ0v) is 21.5. The second-order valence-electron chi connectivity index (χ2n) is 5.45. The SMILES string of the molecule is CCO[C](=[W])c1nnn(Cc2ccc([N+](=O)[O-])cc2)c1-c1ccccc1.[C-]#[O+].[C-]#[O+].[C-]#[O+].[C-]#[O+].[C-]#[O+]. The molecule has 1 heterocycles. The van der Waals surface area contributed by atoms with Crippen molar-refractivity contribution in [1.29, 1.82) is 0 Å². The van der Waals surface area contributed by atoms with Crippen molar-refractivity contribution in [1.82, 2.24) is 15.0 Å². The normalized spacial score (nSPS) is 7.97. The van der Waals surface area contributed by atoms with E-state index in [1.54, 1.807) is 16.8 Å². The van der Waals surface area contributed by atoms with Crippen LogP contribution in [0.2, 0.25) is 0 Å². The maximum absolute atomic E-state index is 10.8. The molecule has 0 bridgehead atoms. The summed E-state index contributed by atoms with van der Waals surface area (Å²) < 4.78 is 45.8. The van der Waals surface area contributed by atoms with Gasteiger partial charge in [-0.25, -0.2) is 0 Å². The van der Waals surface area contributed by atoms with Crippen LogP contribution in [0.4, 0.5) is 5.69 Å². The summed E-state index contributed by atoms with van der Waals surface area (Å²) in [4.78, 5) is 10.4. The summed E-state index contributed by atoms with van der Waals surface area (Å²) in [6, 6.07) is 16.4. The Labute approximate surface area is 217 Å². The van der Waals surface area contributed by atoms with Crippen molar-refractivity contribution in [3.8, 4) is 11.3 Å². The number of ether oxygens (including phenoxy) is 1. The van der Waals surface area contributed by atoms with Crippen LogP contribution in [0.15, 0.2) is 54.6 Å². The van der Waals surface area contributed by atoms with Gasteiger partial charge in [0.2, 0.25) is 0 Å². The van der Waals surface area contributed by atoms with E-state index >= 15 is 0 Å². The van der Waals surface area contributed by atoms with Crippen molar-refractivity contribution in [3.63, 3.8) is 0 Å². The predicted octanol–water partition coefficient (Wildman–Crippen LogP) is 2.78. The topological polar surface area (TPSA) is 183 Å². The number of aromatic nitrogens is 3. The molecule has 12 nitrogen and oxygen atoms in total. The second kappa shape index (κ2) is 24.3. The van der Waals surface area contributed by atoms with Gasteiger partial charge in [0, 0.05) is 0 Å². The molecule has 3 aromatic rings. The molecule has 3 rings (SSSR count). The molecule has 0 saturated carbocycles. The molecule has 0 amide bonds. The van der Waals surface area contributed by atoms with Crippen molar-refractivity contribution in [2.45, 2.75) is 13.5 Å². The van der Waals surface area contributed by atoms with Crippen LogP contribution in [0.1, 0.15) is 18.2 Å². The van der Waals surface area contributed by atoms with Gasteiger partial charge in [-0.15, -0.1) is 0 Å². The van der Waals surface area contributed by atoms with E-state index in [0.717, 1.165) is 26.6 Å². The molecule has 0 fully saturated rings. The van der Waals surface area contributed by atoms with E-state index in [0.29, 0.717) is 13.2 Å². The summed E-state index contributed by atoms with van der Waals surface area (Å²) in [6.07, 6.45) is 0. The van der Waals surface area contributed by atoms with Crippen LogP contribution in [0.3, 0.4) is 0 Å². The van der Waals surface area contributed by atoms with Crippen LogP contribution in [-0.4, -0.2) is 30.6 Å². The van der Waals surface area contributed by atoms with E-state index in [1.807, 2.05) is 37.3 Å². The van der Waals surface area contributed by atoms with Gasteiger partial charge in [-0.1, -0.05) is 0 Å². The first-order chi connectivity index (χ1) is 17.6. The van der Waals surface area contributed by atoms with Crippen molar-refractivity contribution in [3.05, 3.63) is 109 Å². The number of hydrogen-bond donors (Lipinski definition) is 0. The van der Waals surface area contributed by atoms with Gasteiger partial charge in [0.1, 0.15) is 0 Å². The Balaban J connectivity index is -0.000000973. The zero-order chi connectivity index (χ0) is 28.5. The molecule has 36 heavy (non-hydrogen) atoms. The fourth-order valence-corrected chi connectivity index (χ4v) is 3.46. The minimum atomic E-state index is -0.407. The third kappa shape index (κ3) is 12.1. The number of nitro groups is 1. The van der Waals surface area contributed by atoms with Gasteiger partial charge >= 0.3 is 218 Å². The van der Waals surface area contributed by atoms with Gasteiger partial charge in [0.15, 0.2) is 0 Å². The Morgan fingerprint density at radius 2 is 1.44 bits per heavy atom. The monoisotopic (exact) mass is 660 g/mol. The van der Waals surface area contributed by atoms with Crippen molar-refractivity contribution in [2.24, 2.45) is 0 Å². The molecule has 0 saturated heterocycles. The number of rotatable bonds is 7. The summed E-state index contributed by atoms with van der Waals surface area (Å²) in [5, 5.41) is 19.4. The summed E-state index contributed by atoms with van der Waals surface area (Å²) >= 11 is 1.18. The van der Waals surface area contributed by atoms with Crippen LogP contribution < -0.4 is 0 Å². The molecular weight excluding hydrogens is 644 g/mol. The van der Waals surface area contributed by atoms with Crippen molar-refractivity contribution in [2.75, 3.05) is 6.61 Å². The molecule has 2 aromatic carbocycles. The van der Waals surface area contributed by atoms with Crippen LogP contribution in [0.5, 0.6) is 0 Å². The third-order valence-electron chi connectivity index (χ3n) is 3.73. The first kappa shape index (κ1) is 36.8. The molecular formula is C23H16N4O8W. The Kier molecular flexibility index (Phi) is 24.8. The molecule has 0 radical (unpaired) electrons. The van der Waals surface area contributed by atoms with E-state index in [4.69, 9.17) is 28.0 Å². The first-order valence-corrected chi connectivity index (χ1v) is 10.5. The van der Waals surface area contributed by atoms with Gasteiger partial charge in [-0.3, -0.25) is 0 Å². The van der Waals surface area contributed by atoms with Crippen molar-refractivity contribution >= 4 is 9.77 Å². The zero-order valence-electron chi connectivity index (χ0n) is 18.6. The summed E-state index contributed by atoms with van der Waals surface area (Å²) in [5.74, 6) is 0. The maximum atomic E-state index is 10.8. The molecule has 0 aliphatic rings. The van der Waals surface area contributed by atoms with Crippen molar-refractivity contribution < 1.29 is 52.3 Å². The van der Waals surface area contributed by atoms with Gasteiger partial charge < -0.3 is 0 Å². The molecule has 0 spiro atoms. The summed E-state index contributed by atoms with van der Waals surface area (Å²) in [7, 11) is 0. The van der Waals surface area contributed by atoms with Gasteiger partial charge in [-0.2, -0.15) is 0 Å². The molecule has 0 N–H and O–H groups in total. The number of non-ortho nitro benzene ring substituents is 1. The molecule has 13 heteroatoms. The standard InChI is InChI=1S/C18H16N4O3.5CO.W/c1-2-25-13-17-18(15-6-4-3-5-7-15)21(20-19-17)12-14-8-10-16(11-9-14)22(23)24;5*1-2;/h3-11H,2,12H2,1H3;;;;;;. The Morgan fingerprint density at radius 3 is 1.89 bits per heavy atom. The number of nitro benzene ring substituents is 1. The van der Waals surface area contributed by atoms with Gasteiger partial charge in [0.05, 0.1) is 0 Å². The van der Waals surface area contributed by atoms with E-state index in [1.165, 1.54) is 31.5 Å². The van der Waals surface area contributed by atoms with Crippen LogP contribution >= 0.6 is 0 Å². The molecule has 182 valence electrons. The molecule has 0 aliphatic heterocycles. The van der Waals surface area contributed by atoms with Crippen LogP contribution in [-0.2, 0) is 53.9 Å². The van der Waals surface area contributed by atoms with Crippen LogP contribution in [0.25, 0.3) is 11.3 Å². The fourth-order valence-electron chi connectivity index (χ4n) is 2.54. The molecule has 1 aromatic heterocycles. The predicted molar refractivity (Wildman–Crippen MR) is 113 cm³/mol. The number of benzene rings is 2. The van der Waals surface area contributed by atoms with Crippen LogP contribution in [0, 0.1) is 43.4 Å². The minimum absolute atomic E-state index is 0.0698. The molecule has 0 unspecified atom stereocenters. The quantitative estimate of drug-likeness (QED) is 0.163. The first-order valence-electron chi connectivity index (χ1n) is 9.01.